The van der Waals surface area contributed by atoms with Crippen LogP contribution in [0.3, 0.4) is 0 Å². The molecule has 1 fully saturated rings. The first-order valence-electron chi connectivity index (χ1n) is 7.68. The molecule has 2 heterocycles. The van der Waals surface area contributed by atoms with E-state index in [-0.39, 0.29) is 18.4 Å². The number of aliphatic hydroxyl groups excluding tert-OH is 1. The number of hydrogen-bond donors (Lipinski definition) is 1. The van der Waals surface area contributed by atoms with Gasteiger partial charge in [0.15, 0.2) is 0 Å². The zero-order chi connectivity index (χ0) is 16.1. The van der Waals surface area contributed by atoms with Crippen molar-refractivity contribution in [3.8, 4) is 0 Å². The monoisotopic (exact) mass is 326 g/mol. The number of likely N-dealkylation sites (tertiary alicyclic amines) is 1. The minimum absolute atomic E-state index is 0.0878. The van der Waals surface area contributed by atoms with Gasteiger partial charge in [0.1, 0.15) is 0 Å². The van der Waals surface area contributed by atoms with Gasteiger partial charge in [-0.3, -0.25) is 4.79 Å². The number of methoxy groups -OCH3 is 1. The van der Waals surface area contributed by atoms with Gasteiger partial charge in [-0.05, 0) is 26.0 Å². The van der Waals surface area contributed by atoms with Gasteiger partial charge in [0.25, 0.3) is 5.91 Å². The van der Waals surface area contributed by atoms with Crippen LogP contribution in [-0.4, -0.2) is 74.4 Å². The van der Waals surface area contributed by atoms with E-state index in [0.29, 0.717) is 19.1 Å². The topological polar surface area (TPSA) is 53.0 Å². The van der Waals surface area contributed by atoms with Gasteiger partial charge in [-0.1, -0.05) is 0 Å². The Morgan fingerprint density at radius 1 is 1.50 bits per heavy atom. The fraction of sp³-hybridized carbons (Fsp3) is 0.688. The number of aryl methyl sites for hydroxylation is 1. The molecular formula is C16H26N2O3S. The summed E-state index contributed by atoms with van der Waals surface area (Å²) in [7, 11) is 3.75. The molecule has 5 nitrogen and oxygen atoms in total. The Hall–Kier alpha value is -0.950. The number of carbonyl (C=O) groups excluding carboxylic acids is 1. The van der Waals surface area contributed by atoms with Crippen LogP contribution in [0.15, 0.2) is 11.4 Å². The minimum Gasteiger partial charge on any atom is -0.396 e. The van der Waals surface area contributed by atoms with Gasteiger partial charge < -0.3 is 19.6 Å². The highest BCUT2D eigenvalue weighted by atomic mass is 32.1. The van der Waals surface area contributed by atoms with Gasteiger partial charge in [-0.15, -0.1) is 11.3 Å². The summed E-state index contributed by atoms with van der Waals surface area (Å²) in [5.74, 6) is 0.564. The molecule has 2 rings (SSSR count). The number of hydrogen-bond acceptors (Lipinski definition) is 5. The van der Waals surface area contributed by atoms with Gasteiger partial charge in [0.05, 0.1) is 12.2 Å². The smallest absolute Gasteiger partial charge is 0.254 e. The lowest BCUT2D eigenvalue weighted by molar-refractivity contribution is 0.0779. The number of likely N-dealkylation sites (N-methyl/N-ethyl adjacent to an activating group) is 1. The number of carbonyl (C=O) groups is 1. The molecule has 6 heteroatoms. The van der Waals surface area contributed by atoms with Gasteiger partial charge >= 0.3 is 0 Å². The van der Waals surface area contributed by atoms with Crippen molar-refractivity contribution >= 4 is 17.2 Å². The number of nitrogens with zero attached hydrogens (tertiary/aromatic N) is 2. The molecule has 1 aromatic rings. The molecule has 2 unspecified atom stereocenters. The molecule has 0 radical (unpaired) electrons. The second-order valence-electron chi connectivity index (χ2n) is 6.11. The molecule has 124 valence electrons. The van der Waals surface area contributed by atoms with Crippen molar-refractivity contribution in [3.63, 3.8) is 0 Å². The van der Waals surface area contributed by atoms with Crippen molar-refractivity contribution in [3.05, 3.63) is 21.9 Å². The quantitative estimate of drug-likeness (QED) is 0.821. The largest absolute Gasteiger partial charge is 0.396 e. The Balaban J connectivity index is 1.95. The molecule has 1 aromatic heterocycles. The van der Waals surface area contributed by atoms with E-state index in [1.807, 2.05) is 23.3 Å². The molecule has 1 N–H and O–H groups in total. The van der Waals surface area contributed by atoms with Crippen LogP contribution in [0.2, 0.25) is 0 Å². The molecule has 22 heavy (non-hydrogen) atoms. The van der Waals surface area contributed by atoms with E-state index in [4.69, 9.17) is 4.74 Å². The average Bonchev–Trinajstić information content (AvgIpc) is 3.10. The summed E-state index contributed by atoms with van der Waals surface area (Å²) in [4.78, 5) is 17.8. The van der Waals surface area contributed by atoms with Crippen LogP contribution in [-0.2, 0) is 4.74 Å². The predicted molar refractivity (Wildman–Crippen MR) is 88.4 cm³/mol. The number of amides is 1. The summed E-state index contributed by atoms with van der Waals surface area (Å²) >= 11 is 1.60. The van der Waals surface area contributed by atoms with E-state index < -0.39 is 0 Å². The molecule has 0 bridgehead atoms. The predicted octanol–water partition coefficient (Wildman–Crippen LogP) is 1.32. The van der Waals surface area contributed by atoms with Crippen molar-refractivity contribution in [2.75, 3.05) is 53.6 Å². The maximum absolute atomic E-state index is 12.5. The summed E-state index contributed by atoms with van der Waals surface area (Å²) in [6.07, 6.45) is 0. The van der Waals surface area contributed by atoms with Gasteiger partial charge in [-0.25, -0.2) is 0 Å². The van der Waals surface area contributed by atoms with Crippen LogP contribution in [0, 0.1) is 18.8 Å². The SMILES string of the molecule is COCCN(C)CC1CN(C(=O)c2csc(C)c2)CC1CO. The Bertz CT molecular complexity index is 491. The molecule has 1 amide bonds. The second kappa shape index (κ2) is 8.06. The van der Waals surface area contributed by atoms with Crippen LogP contribution in [0.4, 0.5) is 0 Å². The molecule has 1 saturated heterocycles. The molecule has 0 spiro atoms. The molecule has 0 aromatic carbocycles. The van der Waals surface area contributed by atoms with Crippen molar-refractivity contribution in [1.82, 2.24) is 9.80 Å². The van der Waals surface area contributed by atoms with Crippen LogP contribution >= 0.6 is 11.3 Å². The molecule has 1 aliphatic rings. The zero-order valence-corrected chi connectivity index (χ0v) is 14.4. The van der Waals surface area contributed by atoms with E-state index in [1.165, 1.54) is 0 Å². The minimum atomic E-state index is 0.0878. The summed E-state index contributed by atoms with van der Waals surface area (Å²) in [5.41, 5.74) is 0.771. The van der Waals surface area contributed by atoms with E-state index >= 15 is 0 Å². The van der Waals surface area contributed by atoms with E-state index in [0.717, 1.165) is 30.1 Å². The van der Waals surface area contributed by atoms with Crippen molar-refractivity contribution in [1.29, 1.82) is 0 Å². The second-order valence-corrected chi connectivity index (χ2v) is 7.23. The Morgan fingerprint density at radius 2 is 2.23 bits per heavy atom. The third-order valence-electron chi connectivity index (χ3n) is 4.30. The highest BCUT2D eigenvalue weighted by Crippen LogP contribution is 2.26. The molecule has 0 aliphatic carbocycles. The Labute approximate surface area is 136 Å². The van der Waals surface area contributed by atoms with E-state index in [9.17, 15) is 9.90 Å². The first kappa shape index (κ1) is 17.4. The third kappa shape index (κ3) is 4.29. The van der Waals surface area contributed by atoms with E-state index in [2.05, 4.69) is 11.9 Å². The number of aliphatic hydroxyl groups is 1. The first-order valence-corrected chi connectivity index (χ1v) is 8.55. The highest BCUT2D eigenvalue weighted by molar-refractivity contribution is 7.10. The zero-order valence-electron chi connectivity index (χ0n) is 13.6. The van der Waals surface area contributed by atoms with Gasteiger partial charge in [-0.2, -0.15) is 0 Å². The third-order valence-corrected chi connectivity index (χ3v) is 5.16. The fourth-order valence-electron chi connectivity index (χ4n) is 3.00. The van der Waals surface area contributed by atoms with Gasteiger partial charge in [0, 0.05) is 56.1 Å². The van der Waals surface area contributed by atoms with Crippen LogP contribution in [0.25, 0.3) is 0 Å². The standard InChI is InChI=1S/C16H26N2O3S/c1-12-6-13(11-22-12)16(20)18-8-14(15(9-18)10-19)7-17(2)4-5-21-3/h6,11,14-15,19H,4-5,7-10H2,1-3H3. The molecule has 1 aliphatic heterocycles. The van der Waals surface area contributed by atoms with Crippen LogP contribution < -0.4 is 0 Å². The lowest BCUT2D eigenvalue weighted by Crippen LogP contribution is -2.33. The summed E-state index contributed by atoms with van der Waals surface area (Å²) in [5, 5.41) is 11.5. The van der Waals surface area contributed by atoms with Crippen LogP contribution in [0.1, 0.15) is 15.2 Å². The average molecular weight is 326 g/mol. The molecular weight excluding hydrogens is 300 g/mol. The summed E-state index contributed by atoms with van der Waals surface area (Å²) < 4.78 is 5.10. The normalized spacial score (nSPS) is 21.8. The summed E-state index contributed by atoms with van der Waals surface area (Å²) in [6.45, 7) is 5.95. The fourth-order valence-corrected chi connectivity index (χ4v) is 3.67. The van der Waals surface area contributed by atoms with Crippen molar-refractivity contribution in [2.24, 2.45) is 11.8 Å². The van der Waals surface area contributed by atoms with E-state index in [1.54, 1.807) is 18.4 Å². The molecule has 2 atom stereocenters. The van der Waals surface area contributed by atoms with Crippen molar-refractivity contribution < 1.29 is 14.6 Å². The van der Waals surface area contributed by atoms with Crippen LogP contribution in [0.5, 0.6) is 0 Å². The van der Waals surface area contributed by atoms with Gasteiger partial charge in [0.2, 0.25) is 0 Å². The lowest BCUT2D eigenvalue weighted by Gasteiger charge is -2.23. The Morgan fingerprint density at radius 3 is 2.82 bits per heavy atom. The maximum atomic E-state index is 12.5. The number of rotatable bonds is 7. The lowest BCUT2D eigenvalue weighted by atomic mass is 9.96. The Kier molecular flexibility index (Phi) is 6.37. The first-order chi connectivity index (χ1) is 10.5. The van der Waals surface area contributed by atoms with Crippen molar-refractivity contribution in [2.45, 2.75) is 6.92 Å². The number of ether oxygens (including phenoxy) is 1. The summed E-state index contributed by atoms with van der Waals surface area (Å²) in [6, 6.07) is 1.94. The highest BCUT2D eigenvalue weighted by Gasteiger charge is 2.35. The maximum Gasteiger partial charge on any atom is 0.254 e. The molecule has 0 saturated carbocycles. The number of thiophene rings is 1.